The number of carbonyl (C=O) groups is 1. The van der Waals surface area contributed by atoms with Crippen LogP contribution in [0.2, 0.25) is 0 Å². The second-order valence-electron chi connectivity index (χ2n) is 5.35. The predicted octanol–water partition coefficient (Wildman–Crippen LogP) is 1.11. The lowest BCUT2D eigenvalue weighted by molar-refractivity contribution is 0.0271. The number of rotatable bonds is 3. The van der Waals surface area contributed by atoms with Crippen LogP contribution in [-0.2, 0) is 4.74 Å². The fourth-order valence-electron chi connectivity index (χ4n) is 2.27. The van der Waals surface area contributed by atoms with Gasteiger partial charge >= 0.3 is 0 Å². The fourth-order valence-corrected chi connectivity index (χ4v) is 2.27. The highest BCUT2D eigenvalue weighted by atomic mass is 16.5. The number of nitrogens with one attached hydrogen (secondary N) is 1. The minimum Gasteiger partial charge on any atom is -0.395 e. The highest BCUT2D eigenvalue weighted by Crippen LogP contribution is 2.19. The molecule has 21 heavy (non-hydrogen) atoms. The molecule has 5 nitrogen and oxygen atoms in total. The molecule has 0 aliphatic carbocycles. The highest BCUT2D eigenvalue weighted by molar-refractivity contribution is 5.95. The molecule has 1 aliphatic heterocycles. The molecular formula is C16H20N2O3. The van der Waals surface area contributed by atoms with Gasteiger partial charge in [0.25, 0.3) is 5.91 Å². The van der Waals surface area contributed by atoms with Gasteiger partial charge in [-0.05, 0) is 31.9 Å². The summed E-state index contributed by atoms with van der Waals surface area (Å²) in [5, 5.41) is 11.8. The summed E-state index contributed by atoms with van der Waals surface area (Å²) in [5.74, 6) is 5.46. The van der Waals surface area contributed by atoms with Crippen LogP contribution in [0.3, 0.4) is 0 Å². The third-order valence-electron chi connectivity index (χ3n) is 3.34. The summed E-state index contributed by atoms with van der Waals surface area (Å²) in [6, 6.07) is 3.50. The first-order valence-electron chi connectivity index (χ1n) is 7.10. The van der Waals surface area contributed by atoms with Crippen LogP contribution in [0, 0.1) is 11.8 Å². The van der Waals surface area contributed by atoms with Crippen LogP contribution in [0.25, 0.3) is 0 Å². The van der Waals surface area contributed by atoms with Gasteiger partial charge in [-0.15, -0.1) is 0 Å². The summed E-state index contributed by atoms with van der Waals surface area (Å²) in [5.41, 5.74) is 0.529. The molecule has 1 aliphatic rings. The molecule has 2 rings (SSSR count). The van der Waals surface area contributed by atoms with Gasteiger partial charge in [-0.3, -0.25) is 4.79 Å². The first-order chi connectivity index (χ1) is 10.1. The van der Waals surface area contributed by atoms with Crippen molar-refractivity contribution in [2.24, 2.45) is 0 Å². The Bertz CT molecular complexity index is 554. The average Bonchev–Trinajstić information content (AvgIpc) is 2.48. The summed E-state index contributed by atoms with van der Waals surface area (Å²) >= 11 is 0. The van der Waals surface area contributed by atoms with Crippen LogP contribution in [0.5, 0.6) is 0 Å². The number of aliphatic hydroxyl groups is 1. The van der Waals surface area contributed by atoms with Crippen molar-refractivity contribution in [3.05, 3.63) is 29.6 Å². The molecule has 1 unspecified atom stereocenters. The standard InChI is InChI=1S/C16H20N2O3/c1-16(8-5-11-21-12-16)18-15(20)14-13(6-2-3-10-19)7-4-9-17-14/h4,7,9,19H,3,5,8,10-12H2,1H3,(H,18,20). The van der Waals surface area contributed by atoms with Crippen molar-refractivity contribution in [2.45, 2.75) is 31.7 Å². The molecule has 1 atom stereocenters. The minimum atomic E-state index is -0.358. The Labute approximate surface area is 124 Å². The van der Waals surface area contributed by atoms with E-state index in [1.807, 2.05) is 6.92 Å². The third-order valence-corrected chi connectivity index (χ3v) is 3.34. The largest absolute Gasteiger partial charge is 0.395 e. The minimum absolute atomic E-state index is 0.00417. The van der Waals surface area contributed by atoms with Crippen molar-refractivity contribution in [3.63, 3.8) is 0 Å². The maximum absolute atomic E-state index is 12.4. The summed E-state index contributed by atoms with van der Waals surface area (Å²) in [6.45, 7) is 3.23. The molecule has 2 N–H and O–H groups in total. The number of carbonyl (C=O) groups excluding carboxylic acids is 1. The number of nitrogens with zero attached hydrogens (tertiary/aromatic N) is 1. The second-order valence-corrected chi connectivity index (χ2v) is 5.35. The number of aliphatic hydroxyl groups excluding tert-OH is 1. The molecular weight excluding hydrogens is 268 g/mol. The van der Waals surface area contributed by atoms with Crippen LogP contribution in [-0.4, -0.2) is 41.4 Å². The quantitative estimate of drug-likeness (QED) is 0.818. The highest BCUT2D eigenvalue weighted by Gasteiger charge is 2.30. The van der Waals surface area contributed by atoms with E-state index >= 15 is 0 Å². The van der Waals surface area contributed by atoms with Crippen molar-refractivity contribution in [2.75, 3.05) is 19.8 Å². The Morgan fingerprint density at radius 3 is 3.19 bits per heavy atom. The zero-order valence-corrected chi connectivity index (χ0v) is 12.2. The lowest BCUT2D eigenvalue weighted by Gasteiger charge is -2.34. The number of aromatic nitrogens is 1. The molecule has 0 bridgehead atoms. The molecule has 5 heteroatoms. The number of amides is 1. The molecule has 0 spiro atoms. The molecule has 0 radical (unpaired) electrons. The van der Waals surface area contributed by atoms with Gasteiger partial charge < -0.3 is 15.2 Å². The topological polar surface area (TPSA) is 71.5 Å². The van der Waals surface area contributed by atoms with E-state index in [0.717, 1.165) is 19.4 Å². The van der Waals surface area contributed by atoms with Gasteiger partial charge in [-0.1, -0.05) is 11.8 Å². The maximum atomic E-state index is 12.4. The molecule has 112 valence electrons. The molecule has 1 amide bonds. The molecule has 0 saturated carbocycles. The molecule has 1 aromatic rings. The Morgan fingerprint density at radius 1 is 1.62 bits per heavy atom. The summed E-state index contributed by atoms with van der Waals surface area (Å²) < 4.78 is 5.44. The van der Waals surface area contributed by atoms with E-state index in [2.05, 4.69) is 22.1 Å². The van der Waals surface area contributed by atoms with Gasteiger partial charge in [0, 0.05) is 19.2 Å². The first kappa shape index (κ1) is 15.5. The van der Waals surface area contributed by atoms with Crippen molar-refractivity contribution < 1.29 is 14.6 Å². The average molecular weight is 288 g/mol. The third kappa shape index (κ3) is 4.28. The summed E-state index contributed by atoms with van der Waals surface area (Å²) in [6.07, 6.45) is 3.77. The maximum Gasteiger partial charge on any atom is 0.271 e. The van der Waals surface area contributed by atoms with Crippen molar-refractivity contribution in [1.29, 1.82) is 0 Å². The van der Waals surface area contributed by atoms with Gasteiger partial charge in [0.15, 0.2) is 0 Å². The molecule has 1 fully saturated rings. The van der Waals surface area contributed by atoms with E-state index in [-0.39, 0.29) is 18.1 Å². The Balaban J connectivity index is 2.14. The van der Waals surface area contributed by atoms with Gasteiger partial charge in [-0.2, -0.15) is 0 Å². The number of hydrogen-bond donors (Lipinski definition) is 2. The monoisotopic (exact) mass is 288 g/mol. The SMILES string of the molecule is CC1(NC(=O)c2ncccc2C#CCCO)CCCOC1. The van der Waals surface area contributed by atoms with Crippen LogP contribution < -0.4 is 5.32 Å². The van der Waals surface area contributed by atoms with E-state index in [0.29, 0.717) is 24.3 Å². The summed E-state index contributed by atoms with van der Waals surface area (Å²) in [7, 11) is 0. The van der Waals surface area contributed by atoms with Crippen molar-refractivity contribution in [1.82, 2.24) is 10.3 Å². The molecule has 0 aromatic carbocycles. The number of hydrogen-bond acceptors (Lipinski definition) is 4. The number of ether oxygens (including phenoxy) is 1. The van der Waals surface area contributed by atoms with E-state index in [9.17, 15) is 4.79 Å². The Hall–Kier alpha value is -1.90. The van der Waals surface area contributed by atoms with Gasteiger partial charge in [0.2, 0.25) is 0 Å². The lowest BCUT2D eigenvalue weighted by Crippen LogP contribution is -2.51. The fraction of sp³-hybridized carbons (Fsp3) is 0.500. The predicted molar refractivity (Wildman–Crippen MR) is 78.7 cm³/mol. The van der Waals surface area contributed by atoms with Crippen molar-refractivity contribution >= 4 is 5.91 Å². The second kappa shape index (κ2) is 7.21. The zero-order valence-electron chi connectivity index (χ0n) is 12.2. The van der Waals surface area contributed by atoms with Gasteiger partial charge in [0.05, 0.1) is 24.3 Å². The van der Waals surface area contributed by atoms with Gasteiger partial charge in [-0.25, -0.2) is 4.98 Å². The molecule has 1 aromatic heterocycles. The smallest absolute Gasteiger partial charge is 0.271 e. The molecule has 1 saturated heterocycles. The van der Waals surface area contributed by atoms with E-state index in [1.54, 1.807) is 18.3 Å². The number of pyridine rings is 1. The van der Waals surface area contributed by atoms with E-state index in [4.69, 9.17) is 9.84 Å². The van der Waals surface area contributed by atoms with Crippen molar-refractivity contribution in [3.8, 4) is 11.8 Å². The normalized spacial score (nSPS) is 21.2. The Kier molecular flexibility index (Phi) is 5.32. The summed E-state index contributed by atoms with van der Waals surface area (Å²) in [4.78, 5) is 16.6. The van der Waals surface area contributed by atoms with Crippen LogP contribution >= 0.6 is 0 Å². The van der Waals surface area contributed by atoms with E-state index in [1.165, 1.54) is 0 Å². The van der Waals surface area contributed by atoms with Crippen LogP contribution in [0.1, 0.15) is 42.2 Å². The van der Waals surface area contributed by atoms with Gasteiger partial charge in [0.1, 0.15) is 5.69 Å². The molecule has 2 heterocycles. The Morgan fingerprint density at radius 2 is 2.48 bits per heavy atom. The van der Waals surface area contributed by atoms with Crippen LogP contribution in [0.15, 0.2) is 18.3 Å². The first-order valence-corrected chi connectivity index (χ1v) is 7.10. The van der Waals surface area contributed by atoms with Crippen LogP contribution in [0.4, 0.5) is 0 Å². The van der Waals surface area contributed by atoms with E-state index < -0.39 is 0 Å². The lowest BCUT2D eigenvalue weighted by atomic mass is 9.94. The zero-order chi connectivity index (χ0) is 15.1.